The molecule has 15 heteroatoms. The Bertz CT molecular complexity index is 2400. The van der Waals surface area contributed by atoms with Crippen LogP contribution in [0, 0.1) is 0 Å². The molecule has 6 aromatic rings. The van der Waals surface area contributed by atoms with Crippen molar-refractivity contribution in [1.82, 2.24) is 40.4 Å². The molecule has 5 aliphatic heterocycles. The highest BCUT2D eigenvalue weighted by atomic mass is 16.9. The van der Waals surface area contributed by atoms with Gasteiger partial charge in [0.05, 0.1) is 35.9 Å². The van der Waals surface area contributed by atoms with Crippen molar-refractivity contribution >= 4 is 11.8 Å². The molecule has 0 saturated carbocycles. The lowest BCUT2D eigenvalue weighted by atomic mass is 9.96. The van der Waals surface area contributed by atoms with E-state index >= 15 is 0 Å². The highest BCUT2D eigenvalue weighted by Gasteiger charge is 2.40. The first-order valence-electron chi connectivity index (χ1n) is 21.3. The molecule has 0 spiro atoms. The normalized spacial score (nSPS) is 20.8. The lowest BCUT2D eigenvalue weighted by molar-refractivity contribution is -0.335. The molecule has 4 saturated heterocycles. The molecule has 5 aliphatic rings. The standard InChI is InChI=1S/C47H46N8O7/c56-44(40(52-46-58-26-59-46)28-9-3-1-4-10-28)54-19-7-13-36(54)42-48-24-34(50-42)30-17-18-38-33(21-30)22-32-16-15-31(23-39(32)62-38)35-25-49-43(51-35)37-14-8-20-55(37)45(57)41(53-47-60-27-61-47)29-11-5-2-6-12-29/h1-6,9-12,15-18,21,23-25,36-37,40-41,46-47,52-53H,7-8,13-14,19-20,22,26-27H2,(H,48,50)(H,49,51)/t36-,37-,40+,41+/m0/s1. The Labute approximate surface area is 357 Å². The summed E-state index contributed by atoms with van der Waals surface area (Å²) in [6, 6.07) is 30.2. The lowest BCUT2D eigenvalue weighted by Crippen LogP contribution is -2.50. The van der Waals surface area contributed by atoms with Gasteiger partial charge in [-0.15, -0.1) is 0 Å². The SMILES string of the molecule is O=C([C@H](NC1OCO1)c1ccccc1)N1CCC[C@H]1c1ncc(-c2ccc3c(c2)Cc2ccc(-c4cnc([C@@H]5CCCN5C(=O)[C@H](NC5OCO5)c5ccccc5)[nH]4)cc2O3)[nH]1. The average molecular weight is 835 g/mol. The molecule has 2 aromatic heterocycles. The van der Waals surface area contributed by atoms with Crippen molar-refractivity contribution in [3.05, 3.63) is 143 Å². The summed E-state index contributed by atoms with van der Waals surface area (Å²) in [6.45, 7) is 1.68. The van der Waals surface area contributed by atoms with Crippen molar-refractivity contribution in [2.24, 2.45) is 0 Å². The summed E-state index contributed by atoms with van der Waals surface area (Å²) in [6.07, 6.45) is 6.52. The van der Waals surface area contributed by atoms with E-state index in [-0.39, 0.29) is 37.5 Å². The number of aromatic amines is 2. The second-order valence-electron chi connectivity index (χ2n) is 16.3. The Hall–Kier alpha value is -6.20. The largest absolute Gasteiger partial charge is 0.457 e. The molecule has 4 aromatic carbocycles. The number of ether oxygens (including phenoxy) is 5. The highest BCUT2D eigenvalue weighted by Crippen LogP contribution is 2.42. The number of hydrogen-bond acceptors (Lipinski definition) is 11. The van der Waals surface area contributed by atoms with Crippen molar-refractivity contribution < 1.29 is 33.3 Å². The molecule has 15 nitrogen and oxygen atoms in total. The summed E-state index contributed by atoms with van der Waals surface area (Å²) in [5.41, 5.74) is 7.52. The molecule has 316 valence electrons. The van der Waals surface area contributed by atoms with Crippen LogP contribution < -0.4 is 15.4 Å². The summed E-state index contributed by atoms with van der Waals surface area (Å²) < 4.78 is 28.3. The van der Waals surface area contributed by atoms with Gasteiger partial charge in [0.25, 0.3) is 0 Å². The van der Waals surface area contributed by atoms with Crippen LogP contribution in [0.3, 0.4) is 0 Å². The zero-order valence-corrected chi connectivity index (χ0v) is 33.9. The third-order valence-corrected chi connectivity index (χ3v) is 12.5. The molecule has 0 radical (unpaired) electrons. The van der Waals surface area contributed by atoms with Gasteiger partial charge in [0.15, 0.2) is 13.6 Å². The van der Waals surface area contributed by atoms with Crippen LogP contribution in [0.1, 0.15) is 83.8 Å². The molecule has 0 aliphatic carbocycles. The molecule has 0 bridgehead atoms. The van der Waals surface area contributed by atoms with Crippen molar-refractivity contribution in [2.45, 2.75) is 69.1 Å². The van der Waals surface area contributed by atoms with E-state index in [4.69, 9.17) is 33.7 Å². The van der Waals surface area contributed by atoms with Crippen molar-refractivity contribution in [3.63, 3.8) is 0 Å². The van der Waals surface area contributed by atoms with Gasteiger partial charge in [-0.1, -0.05) is 72.8 Å². The van der Waals surface area contributed by atoms with Gasteiger partial charge in [0, 0.05) is 30.6 Å². The first-order chi connectivity index (χ1) is 30.5. The first-order valence-corrected chi connectivity index (χ1v) is 21.3. The van der Waals surface area contributed by atoms with E-state index < -0.39 is 24.9 Å². The lowest BCUT2D eigenvalue weighted by Gasteiger charge is -2.34. The van der Waals surface area contributed by atoms with Gasteiger partial charge in [-0.25, -0.2) is 9.97 Å². The number of nitrogens with zero attached hydrogens (tertiary/aromatic N) is 4. The zero-order valence-electron chi connectivity index (χ0n) is 33.9. The Morgan fingerprint density at radius 2 is 1.13 bits per heavy atom. The minimum Gasteiger partial charge on any atom is -0.457 e. The number of hydrogen-bond donors (Lipinski definition) is 4. The monoisotopic (exact) mass is 834 g/mol. The number of likely N-dealkylation sites (tertiary alicyclic amines) is 2. The maximum absolute atomic E-state index is 14.1. The molecule has 4 atom stereocenters. The van der Waals surface area contributed by atoms with Crippen molar-refractivity contribution in [1.29, 1.82) is 0 Å². The second kappa shape index (κ2) is 16.6. The highest BCUT2D eigenvalue weighted by molar-refractivity contribution is 5.85. The third kappa shape index (κ3) is 7.46. The Morgan fingerprint density at radius 1 is 0.613 bits per heavy atom. The number of nitrogens with one attached hydrogen (secondary N) is 4. The number of aromatic nitrogens is 4. The molecule has 62 heavy (non-hydrogen) atoms. The minimum absolute atomic E-state index is 0.0411. The predicted molar refractivity (Wildman–Crippen MR) is 225 cm³/mol. The molecule has 7 heterocycles. The Kier molecular flexibility index (Phi) is 10.4. The molecule has 11 rings (SSSR count). The smallest absolute Gasteiger partial charge is 0.245 e. The van der Waals surface area contributed by atoms with E-state index in [0.29, 0.717) is 19.5 Å². The molecule has 4 fully saturated rings. The van der Waals surface area contributed by atoms with Gasteiger partial charge in [-0.3, -0.25) is 20.2 Å². The minimum atomic E-state index is -0.621. The maximum atomic E-state index is 14.1. The number of amides is 2. The summed E-state index contributed by atoms with van der Waals surface area (Å²) in [5, 5.41) is 6.45. The topological polar surface area (TPSA) is 168 Å². The van der Waals surface area contributed by atoms with Crippen LogP contribution in [0.5, 0.6) is 11.5 Å². The molecule has 0 unspecified atom stereocenters. The van der Waals surface area contributed by atoms with E-state index in [2.05, 4.69) is 44.9 Å². The zero-order chi connectivity index (χ0) is 41.6. The fourth-order valence-corrected chi connectivity index (χ4v) is 9.19. The van der Waals surface area contributed by atoms with Crippen molar-refractivity contribution in [2.75, 3.05) is 26.7 Å². The summed E-state index contributed by atoms with van der Waals surface area (Å²) in [5.74, 6) is 3.02. The van der Waals surface area contributed by atoms with Gasteiger partial charge >= 0.3 is 0 Å². The Morgan fingerprint density at radius 3 is 1.65 bits per heavy atom. The van der Waals surface area contributed by atoms with Gasteiger partial charge in [0.1, 0.15) is 35.2 Å². The van der Waals surface area contributed by atoms with Crippen LogP contribution in [0.25, 0.3) is 22.5 Å². The van der Waals surface area contributed by atoms with Gasteiger partial charge in [-0.05, 0) is 72.2 Å². The van der Waals surface area contributed by atoms with E-state index in [1.54, 1.807) is 0 Å². The predicted octanol–water partition coefficient (Wildman–Crippen LogP) is 6.73. The summed E-state index contributed by atoms with van der Waals surface area (Å²) in [4.78, 5) is 48.7. The van der Waals surface area contributed by atoms with Crippen molar-refractivity contribution in [3.8, 4) is 34.0 Å². The number of imidazole rings is 2. The summed E-state index contributed by atoms with van der Waals surface area (Å²) in [7, 11) is 0. The number of benzene rings is 4. The summed E-state index contributed by atoms with van der Waals surface area (Å²) >= 11 is 0. The fraction of sp³-hybridized carbons (Fsp3) is 0.319. The fourth-order valence-electron chi connectivity index (χ4n) is 9.19. The molecular formula is C47H46N8O7. The maximum Gasteiger partial charge on any atom is 0.245 e. The molecular weight excluding hydrogens is 789 g/mol. The van der Waals surface area contributed by atoms with Crippen LogP contribution in [-0.2, 0) is 35.0 Å². The number of fused-ring (bicyclic) bond motifs is 2. The van der Waals surface area contributed by atoms with Gasteiger partial charge in [-0.2, -0.15) is 0 Å². The van der Waals surface area contributed by atoms with Crippen LogP contribution in [0.4, 0.5) is 0 Å². The number of carbonyl (C=O) groups excluding carboxylic acids is 2. The van der Waals surface area contributed by atoms with Crippen LogP contribution in [-0.4, -0.2) is 81.1 Å². The van der Waals surface area contributed by atoms with E-state index in [1.165, 1.54) is 0 Å². The number of rotatable bonds is 12. The molecule has 2 amide bonds. The first kappa shape index (κ1) is 38.7. The quantitative estimate of drug-likeness (QED) is 0.103. The average Bonchev–Trinajstić information content (AvgIpc) is 4.12. The number of carbonyl (C=O) groups is 2. The van der Waals surface area contributed by atoms with E-state index in [0.717, 1.165) is 93.6 Å². The number of H-pyrrole nitrogens is 2. The van der Waals surface area contributed by atoms with Crippen LogP contribution in [0.15, 0.2) is 109 Å². The Balaban J connectivity index is 0.771. The third-order valence-electron chi connectivity index (χ3n) is 12.5. The second-order valence-corrected chi connectivity index (χ2v) is 16.3. The van der Waals surface area contributed by atoms with Crippen LogP contribution >= 0.6 is 0 Å². The van der Waals surface area contributed by atoms with Gasteiger partial charge in [0.2, 0.25) is 24.6 Å². The van der Waals surface area contributed by atoms with E-state index in [9.17, 15) is 9.59 Å². The molecule has 4 N–H and O–H groups in total. The van der Waals surface area contributed by atoms with E-state index in [1.807, 2.05) is 95.0 Å². The van der Waals surface area contributed by atoms with Crippen LogP contribution in [0.2, 0.25) is 0 Å². The van der Waals surface area contributed by atoms with Gasteiger partial charge < -0.3 is 43.5 Å².